The number of hydrogen-bond acceptors (Lipinski definition) is 4. The summed E-state index contributed by atoms with van der Waals surface area (Å²) in [5.74, 6) is -0.765. The van der Waals surface area contributed by atoms with E-state index < -0.39 is 17.7 Å². The Morgan fingerprint density at radius 2 is 2.04 bits per heavy atom. The fourth-order valence-corrected chi connectivity index (χ4v) is 2.18. The molecule has 0 saturated heterocycles. The maximum Gasteiger partial charge on any atom is 0.407 e. The van der Waals surface area contributed by atoms with E-state index in [9.17, 15) is 14.0 Å². The van der Waals surface area contributed by atoms with Gasteiger partial charge in [-0.3, -0.25) is 0 Å². The molecular weight excluding hydrogens is 329 g/mol. The van der Waals surface area contributed by atoms with Crippen molar-refractivity contribution in [3.63, 3.8) is 0 Å². The Morgan fingerprint density at radius 3 is 2.64 bits per heavy atom. The van der Waals surface area contributed by atoms with E-state index in [1.54, 1.807) is 26.8 Å². The highest BCUT2D eigenvalue weighted by atomic mass is 19.1. The van der Waals surface area contributed by atoms with Gasteiger partial charge in [0.05, 0.1) is 11.9 Å². The maximum absolute atomic E-state index is 13.2. The van der Waals surface area contributed by atoms with Crippen molar-refractivity contribution in [1.82, 2.24) is 5.32 Å². The van der Waals surface area contributed by atoms with Crippen molar-refractivity contribution in [1.29, 1.82) is 0 Å². The molecule has 6 nitrogen and oxygen atoms in total. The van der Waals surface area contributed by atoms with E-state index in [2.05, 4.69) is 5.32 Å². The van der Waals surface area contributed by atoms with E-state index in [0.717, 1.165) is 0 Å². The fraction of sp³-hybridized carbons (Fsp3) is 0.333. The molecule has 0 aliphatic heterocycles. The molecule has 1 aromatic heterocycles. The van der Waals surface area contributed by atoms with Gasteiger partial charge in [-0.15, -0.1) is 0 Å². The highest BCUT2D eigenvalue weighted by Gasteiger charge is 2.16. The smallest absolute Gasteiger partial charge is 0.407 e. The van der Waals surface area contributed by atoms with Gasteiger partial charge in [0.2, 0.25) is 0 Å². The molecule has 0 spiro atoms. The summed E-state index contributed by atoms with van der Waals surface area (Å²) in [4.78, 5) is 22.6. The molecule has 1 aromatic carbocycles. The summed E-state index contributed by atoms with van der Waals surface area (Å²) in [7, 11) is 0. The summed E-state index contributed by atoms with van der Waals surface area (Å²) >= 11 is 0. The third-order valence-electron chi connectivity index (χ3n) is 3.27. The van der Waals surface area contributed by atoms with Crippen molar-refractivity contribution in [3.8, 4) is 0 Å². The Hall–Kier alpha value is -2.83. The van der Waals surface area contributed by atoms with Crippen LogP contribution in [0, 0.1) is 0 Å². The summed E-state index contributed by atoms with van der Waals surface area (Å²) in [6.45, 7) is 5.42. The van der Waals surface area contributed by atoms with Crippen molar-refractivity contribution >= 4 is 28.6 Å². The first-order valence-electron chi connectivity index (χ1n) is 7.73. The van der Waals surface area contributed by atoms with Crippen molar-refractivity contribution in [2.24, 2.45) is 0 Å². The van der Waals surface area contributed by atoms with Crippen LogP contribution in [0.3, 0.4) is 0 Å². The van der Waals surface area contributed by atoms with E-state index in [0.29, 0.717) is 17.3 Å². The molecule has 0 radical (unpaired) electrons. The molecule has 2 aromatic rings. The molecule has 0 unspecified atom stereocenters. The van der Waals surface area contributed by atoms with Gasteiger partial charge in [0.15, 0.2) is 0 Å². The standard InChI is InChI=1S/C18H20FNO5/c1-18(2,3)25-17(23)20-7-6-12(10-19)15-9-13-8-11(16(21)22)4-5-14(13)24-15/h4-5,8-10H,6-7H2,1-3H3,(H,20,23)(H,21,22)/b12-10-. The zero-order chi connectivity index (χ0) is 18.6. The summed E-state index contributed by atoms with van der Waals surface area (Å²) in [5, 5.41) is 12.1. The Bertz CT molecular complexity index is 816. The number of fused-ring (bicyclic) bond motifs is 1. The van der Waals surface area contributed by atoms with Crippen LogP contribution in [0.1, 0.15) is 43.3 Å². The van der Waals surface area contributed by atoms with Gasteiger partial charge in [-0.2, -0.15) is 0 Å². The topological polar surface area (TPSA) is 88.8 Å². The molecule has 25 heavy (non-hydrogen) atoms. The third-order valence-corrected chi connectivity index (χ3v) is 3.27. The highest BCUT2D eigenvalue weighted by molar-refractivity contribution is 5.93. The van der Waals surface area contributed by atoms with E-state index in [4.69, 9.17) is 14.3 Å². The highest BCUT2D eigenvalue weighted by Crippen LogP contribution is 2.27. The van der Waals surface area contributed by atoms with Gasteiger partial charge < -0.3 is 19.6 Å². The fourth-order valence-electron chi connectivity index (χ4n) is 2.18. The van der Waals surface area contributed by atoms with Crippen molar-refractivity contribution in [3.05, 3.63) is 41.9 Å². The van der Waals surface area contributed by atoms with Crippen molar-refractivity contribution in [2.45, 2.75) is 32.8 Å². The Labute approximate surface area is 144 Å². The zero-order valence-electron chi connectivity index (χ0n) is 14.3. The number of amides is 1. The van der Waals surface area contributed by atoms with E-state index >= 15 is 0 Å². The monoisotopic (exact) mass is 349 g/mol. The number of nitrogens with one attached hydrogen (secondary N) is 1. The Morgan fingerprint density at radius 1 is 1.32 bits per heavy atom. The summed E-state index contributed by atoms with van der Waals surface area (Å²) in [5.41, 5.74) is 0.226. The molecule has 0 fully saturated rings. The van der Waals surface area contributed by atoms with Gasteiger partial charge in [0, 0.05) is 17.5 Å². The van der Waals surface area contributed by atoms with Crippen LogP contribution in [-0.2, 0) is 4.74 Å². The minimum absolute atomic E-state index is 0.122. The zero-order valence-corrected chi connectivity index (χ0v) is 14.3. The SMILES string of the molecule is CC(C)(C)OC(=O)NCC/C(=C/F)c1cc2cc(C(=O)O)ccc2o1. The molecule has 2 rings (SSSR count). The molecule has 1 heterocycles. The first-order chi connectivity index (χ1) is 11.7. The lowest BCUT2D eigenvalue weighted by atomic mass is 10.1. The predicted octanol–water partition coefficient (Wildman–Crippen LogP) is 4.36. The summed E-state index contributed by atoms with van der Waals surface area (Å²) < 4.78 is 23.9. The van der Waals surface area contributed by atoms with Crippen LogP contribution in [-0.4, -0.2) is 29.3 Å². The largest absolute Gasteiger partial charge is 0.478 e. The number of ether oxygens (including phenoxy) is 1. The second kappa shape index (κ2) is 7.38. The first kappa shape index (κ1) is 18.5. The van der Waals surface area contributed by atoms with Gasteiger partial charge >= 0.3 is 12.1 Å². The second-order valence-electron chi connectivity index (χ2n) is 6.48. The quantitative estimate of drug-likeness (QED) is 0.837. The molecule has 0 bridgehead atoms. The van der Waals surface area contributed by atoms with Gasteiger partial charge in [0.1, 0.15) is 16.9 Å². The lowest BCUT2D eigenvalue weighted by Gasteiger charge is -2.19. The molecule has 0 aliphatic carbocycles. The third kappa shape index (κ3) is 5.07. The lowest BCUT2D eigenvalue weighted by molar-refractivity contribution is 0.0528. The lowest BCUT2D eigenvalue weighted by Crippen LogP contribution is -2.33. The molecule has 7 heteroatoms. The number of halogens is 1. The average molecular weight is 349 g/mol. The number of carboxylic acid groups (broad SMARTS) is 1. The van der Waals surface area contributed by atoms with Crippen LogP contribution >= 0.6 is 0 Å². The number of furan rings is 1. The molecule has 2 N–H and O–H groups in total. The van der Waals surface area contributed by atoms with Crippen molar-refractivity contribution < 1.29 is 28.2 Å². The van der Waals surface area contributed by atoms with Crippen LogP contribution < -0.4 is 5.32 Å². The number of carbonyl (C=O) groups excluding carboxylic acids is 1. The van der Waals surface area contributed by atoms with Crippen molar-refractivity contribution in [2.75, 3.05) is 6.54 Å². The molecule has 1 amide bonds. The number of hydrogen-bond donors (Lipinski definition) is 2. The molecule has 0 aliphatic rings. The number of aromatic carboxylic acids is 1. The minimum Gasteiger partial charge on any atom is -0.478 e. The van der Waals surface area contributed by atoms with E-state index in [-0.39, 0.29) is 29.9 Å². The van der Waals surface area contributed by atoms with Crippen LogP contribution in [0.2, 0.25) is 0 Å². The van der Waals surface area contributed by atoms with E-state index in [1.165, 1.54) is 18.2 Å². The van der Waals surface area contributed by atoms with Crippen LogP contribution in [0.5, 0.6) is 0 Å². The Balaban J connectivity index is 2.04. The normalized spacial score (nSPS) is 12.2. The molecule has 0 saturated carbocycles. The Kier molecular flexibility index (Phi) is 5.46. The number of benzene rings is 1. The number of carboxylic acids is 1. The first-order valence-corrected chi connectivity index (χ1v) is 7.73. The molecule has 134 valence electrons. The van der Waals surface area contributed by atoms with Gasteiger partial charge in [0.25, 0.3) is 0 Å². The average Bonchev–Trinajstić information content (AvgIpc) is 2.92. The van der Waals surface area contributed by atoms with Crippen LogP contribution in [0.15, 0.2) is 35.0 Å². The number of alkyl carbamates (subject to hydrolysis) is 1. The second-order valence-corrected chi connectivity index (χ2v) is 6.48. The van der Waals surface area contributed by atoms with Crippen LogP contribution in [0.25, 0.3) is 16.5 Å². The van der Waals surface area contributed by atoms with E-state index in [1.807, 2.05) is 0 Å². The summed E-state index contributed by atoms with van der Waals surface area (Å²) in [6, 6.07) is 5.97. The maximum atomic E-state index is 13.2. The predicted molar refractivity (Wildman–Crippen MR) is 91.1 cm³/mol. The van der Waals surface area contributed by atoms with Gasteiger partial charge in [-0.1, -0.05) is 0 Å². The van der Waals surface area contributed by atoms with Gasteiger partial charge in [-0.05, 0) is 51.5 Å². The molecular formula is C18H20FNO5. The molecule has 0 atom stereocenters. The number of carbonyl (C=O) groups is 2. The van der Waals surface area contributed by atoms with Crippen LogP contribution in [0.4, 0.5) is 9.18 Å². The van der Waals surface area contributed by atoms with Gasteiger partial charge in [-0.25, -0.2) is 14.0 Å². The summed E-state index contributed by atoms with van der Waals surface area (Å²) in [6.07, 6.45) is 0.0231. The minimum atomic E-state index is -1.05. The number of rotatable bonds is 5.